The Bertz CT molecular complexity index is 782. The molecule has 2 fully saturated rings. The highest BCUT2D eigenvalue weighted by atomic mass is 16.3. The van der Waals surface area contributed by atoms with Crippen LogP contribution in [-0.2, 0) is 13.5 Å². The van der Waals surface area contributed by atoms with Crippen LogP contribution < -0.4 is 0 Å². The molecule has 25 heavy (non-hydrogen) atoms. The van der Waals surface area contributed by atoms with Crippen LogP contribution in [0.3, 0.4) is 0 Å². The Kier molecular flexibility index (Phi) is 3.95. The number of aromatic nitrogens is 1. The Morgan fingerprint density at radius 1 is 1.24 bits per heavy atom. The van der Waals surface area contributed by atoms with Crippen LogP contribution in [0.1, 0.15) is 40.9 Å². The van der Waals surface area contributed by atoms with Gasteiger partial charge in [-0.15, -0.1) is 0 Å². The maximum atomic E-state index is 13.2. The summed E-state index contributed by atoms with van der Waals surface area (Å²) in [6, 6.07) is 12.7. The summed E-state index contributed by atoms with van der Waals surface area (Å²) >= 11 is 0. The van der Waals surface area contributed by atoms with Crippen molar-refractivity contribution in [2.45, 2.75) is 44.7 Å². The van der Waals surface area contributed by atoms with E-state index in [1.54, 1.807) is 0 Å². The largest absolute Gasteiger partial charge is 0.396 e. The number of carbonyl (C=O) groups is 1. The smallest absolute Gasteiger partial charge is 0.256 e. The van der Waals surface area contributed by atoms with E-state index >= 15 is 0 Å². The van der Waals surface area contributed by atoms with Crippen molar-refractivity contribution in [1.82, 2.24) is 9.47 Å². The SMILES string of the molecule is Cc1c(C(=O)N2[C@H]3CC[C@@H]2[C@@](CO)(Cc2ccccc2)C3)ccn1C. The molecule has 2 bridgehead atoms. The van der Waals surface area contributed by atoms with E-state index in [1.165, 1.54) is 5.56 Å². The number of amides is 1. The fourth-order valence-corrected chi connectivity index (χ4v) is 4.99. The quantitative estimate of drug-likeness (QED) is 0.932. The Labute approximate surface area is 149 Å². The van der Waals surface area contributed by atoms with Crippen LogP contribution in [0.4, 0.5) is 0 Å². The highest BCUT2D eigenvalue weighted by molar-refractivity contribution is 5.96. The Morgan fingerprint density at radius 2 is 2.00 bits per heavy atom. The van der Waals surface area contributed by atoms with Crippen molar-refractivity contribution in [1.29, 1.82) is 0 Å². The lowest BCUT2D eigenvalue weighted by molar-refractivity contribution is 0.0570. The van der Waals surface area contributed by atoms with Gasteiger partial charge in [-0.25, -0.2) is 0 Å². The molecular weight excluding hydrogens is 312 g/mol. The molecule has 0 spiro atoms. The normalized spacial score (nSPS) is 27.9. The molecule has 0 saturated carbocycles. The molecule has 4 nitrogen and oxygen atoms in total. The van der Waals surface area contributed by atoms with E-state index in [0.717, 1.165) is 36.9 Å². The van der Waals surface area contributed by atoms with Gasteiger partial charge in [-0.05, 0) is 44.2 Å². The number of hydrogen-bond donors (Lipinski definition) is 1. The molecule has 3 atom stereocenters. The number of rotatable bonds is 4. The van der Waals surface area contributed by atoms with E-state index in [2.05, 4.69) is 17.0 Å². The summed E-state index contributed by atoms with van der Waals surface area (Å²) in [5.74, 6) is 0.133. The number of carbonyl (C=O) groups excluding carboxylic acids is 1. The minimum atomic E-state index is -0.206. The Hall–Kier alpha value is -2.07. The fraction of sp³-hybridized carbons (Fsp3) is 0.476. The van der Waals surface area contributed by atoms with Crippen LogP contribution >= 0.6 is 0 Å². The number of aliphatic hydroxyl groups excluding tert-OH is 1. The number of nitrogens with zero attached hydrogens (tertiary/aromatic N) is 2. The zero-order chi connectivity index (χ0) is 17.6. The summed E-state index contributed by atoms with van der Waals surface area (Å²) in [5, 5.41) is 10.3. The van der Waals surface area contributed by atoms with Gasteiger partial charge >= 0.3 is 0 Å². The highest BCUT2D eigenvalue weighted by Crippen LogP contribution is 2.51. The second-order valence-corrected chi connectivity index (χ2v) is 7.77. The summed E-state index contributed by atoms with van der Waals surface area (Å²) in [6.07, 6.45) is 5.74. The lowest BCUT2D eigenvalue weighted by Crippen LogP contribution is -2.44. The number of hydrogen-bond acceptors (Lipinski definition) is 2. The first-order chi connectivity index (χ1) is 12.1. The maximum absolute atomic E-state index is 13.2. The number of aliphatic hydroxyl groups is 1. The van der Waals surface area contributed by atoms with E-state index in [4.69, 9.17) is 0 Å². The van der Waals surface area contributed by atoms with Crippen LogP contribution in [-0.4, -0.2) is 39.2 Å². The minimum Gasteiger partial charge on any atom is -0.396 e. The molecule has 1 aromatic heterocycles. The average molecular weight is 338 g/mol. The summed E-state index contributed by atoms with van der Waals surface area (Å²) in [6.45, 7) is 2.13. The first-order valence-corrected chi connectivity index (χ1v) is 9.15. The van der Waals surface area contributed by atoms with E-state index in [0.29, 0.717) is 0 Å². The van der Waals surface area contributed by atoms with Crippen LogP contribution in [0, 0.1) is 12.3 Å². The molecule has 2 aliphatic rings. The molecule has 132 valence electrons. The van der Waals surface area contributed by atoms with Gasteiger partial charge in [-0.2, -0.15) is 0 Å². The molecule has 0 radical (unpaired) electrons. The van der Waals surface area contributed by atoms with Crippen molar-refractivity contribution in [2.24, 2.45) is 12.5 Å². The van der Waals surface area contributed by atoms with Gasteiger partial charge in [-0.1, -0.05) is 30.3 Å². The monoisotopic (exact) mass is 338 g/mol. The van der Waals surface area contributed by atoms with Crippen molar-refractivity contribution in [3.8, 4) is 0 Å². The third-order valence-corrected chi connectivity index (χ3v) is 6.41. The summed E-state index contributed by atoms with van der Waals surface area (Å²) < 4.78 is 1.99. The molecule has 3 heterocycles. The number of aryl methyl sites for hydroxylation is 1. The van der Waals surface area contributed by atoms with Gasteiger partial charge in [-0.3, -0.25) is 4.79 Å². The first-order valence-electron chi connectivity index (χ1n) is 9.15. The van der Waals surface area contributed by atoms with Gasteiger partial charge in [0, 0.05) is 36.4 Å². The molecule has 1 aromatic carbocycles. The number of fused-ring (bicyclic) bond motifs is 2. The van der Waals surface area contributed by atoms with Crippen molar-refractivity contribution in [2.75, 3.05) is 6.61 Å². The topological polar surface area (TPSA) is 45.5 Å². The van der Waals surface area contributed by atoms with E-state index < -0.39 is 0 Å². The van der Waals surface area contributed by atoms with Gasteiger partial charge in [0.15, 0.2) is 0 Å². The van der Waals surface area contributed by atoms with Crippen LogP contribution in [0.15, 0.2) is 42.6 Å². The second-order valence-electron chi connectivity index (χ2n) is 7.77. The molecule has 2 aliphatic heterocycles. The van der Waals surface area contributed by atoms with Crippen LogP contribution in [0.5, 0.6) is 0 Å². The highest BCUT2D eigenvalue weighted by Gasteiger charge is 2.57. The fourth-order valence-electron chi connectivity index (χ4n) is 4.99. The van der Waals surface area contributed by atoms with Crippen molar-refractivity contribution < 1.29 is 9.90 Å². The average Bonchev–Trinajstić information content (AvgIpc) is 3.28. The van der Waals surface area contributed by atoms with E-state index in [9.17, 15) is 9.90 Å². The molecule has 2 aromatic rings. The molecule has 0 aliphatic carbocycles. The van der Waals surface area contributed by atoms with Gasteiger partial charge in [0.25, 0.3) is 5.91 Å². The van der Waals surface area contributed by atoms with Gasteiger partial charge < -0.3 is 14.6 Å². The van der Waals surface area contributed by atoms with E-state index in [-0.39, 0.29) is 30.0 Å². The second kappa shape index (κ2) is 6.03. The Morgan fingerprint density at radius 3 is 2.64 bits per heavy atom. The van der Waals surface area contributed by atoms with Crippen LogP contribution in [0.2, 0.25) is 0 Å². The molecule has 2 saturated heterocycles. The Balaban J connectivity index is 1.64. The first kappa shape index (κ1) is 16.4. The molecule has 1 N–H and O–H groups in total. The lowest BCUT2D eigenvalue weighted by Gasteiger charge is -2.36. The molecule has 4 rings (SSSR count). The van der Waals surface area contributed by atoms with Crippen molar-refractivity contribution >= 4 is 5.91 Å². The molecule has 0 unspecified atom stereocenters. The third kappa shape index (κ3) is 2.51. The summed E-state index contributed by atoms with van der Waals surface area (Å²) in [5.41, 5.74) is 2.84. The summed E-state index contributed by atoms with van der Waals surface area (Å²) in [4.78, 5) is 15.3. The molecular formula is C21H26N2O2. The third-order valence-electron chi connectivity index (χ3n) is 6.41. The number of benzene rings is 1. The van der Waals surface area contributed by atoms with Gasteiger partial charge in [0.1, 0.15) is 0 Å². The van der Waals surface area contributed by atoms with Crippen molar-refractivity contribution in [3.05, 3.63) is 59.4 Å². The van der Waals surface area contributed by atoms with Crippen LogP contribution in [0.25, 0.3) is 0 Å². The van der Waals surface area contributed by atoms with Gasteiger partial charge in [0.2, 0.25) is 0 Å². The summed E-state index contributed by atoms with van der Waals surface area (Å²) in [7, 11) is 1.97. The van der Waals surface area contributed by atoms with Crippen molar-refractivity contribution in [3.63, 3.8) is 0 Å². The molecule has 4 heteroatoms. The zero-order valence-corrected chi connectivity index (χ0v) is 15.0. The van der Waals surface area contributed by atoms with E-state index in [1.807, 2.05) is 49.0 Å². The lowest BCUT2D eigenvalue weighted by atomic mass is 9.70. The van der Waals surface area contributed by atoms with Gasteiger partial charge in [0.05, 0.1) is 12.2 Å². The maximum Gasteiger partial charge on any atom is 0.256 e. The zero-order valence-electron chi connectivity index (χ0n) is 15.0. The molecule has 1 amide bonds. The predicted molar refractivity (Wildman–Crippen MR) is 97.4 cm³/mol. The standard InChI is InChI=1S/C21H26N2O2/c1-15-18(10-11-22(15)2)20(25)23-17-8-9-19(23)21(13-17,14-24)12-16-6-4-3-5-7-16/h3-7,10-11,17,19,24H,8-9,12-14H2,1-2H3/t17-,19+,21-/m0/s1. The minimum absolute atomic E-state index is 0.133. The predicted octanol–water partition coefficient (Wildman–Crippen LogP) is 2.93.